The average Bonchev–Trinajstić information content (AvgIpc) is 2.57. The minimum atomic E-state index is 0.405. The highest BCUT2D eigenvalue weighted by Crippen LogP contribution is 2.14. The molecule has 1 atom stereocenters. The second-order valence-electron chi connectivity index (χ2n) is 3.49. The molecule has 0 aliphatic heterocycles. The van der Waals surface area contributed by atoms with Crippen molar-refractivity contribution in [2.45, 2.75) is 26.8 Å². The van der Waals surface area contributed by atoms with E-state index in [-0.39, 0.29) is 0 Å². The summed E-state index contributed by atoms with van der Waals surface area (Å²) in [5, 5.41) is 7.49. The van der Waals surface area contributed by atoms with Gasteiger partial charge in [0.1, 0.15) is 12.7 Å². The van der Waals surface area contributed by atoms with Gasteiger partial charge < -0.3 is 5.32 Å². The summed E-state index contributed by atoms with van der Waals surface area (Å²) in [5.74, 6) is 0.570. The van der Waals surface area contributed by atoms with Crippen LogP contribution in [0.25, 0.3) is 0 Å². The Labute approximate surface area is 79.4 Å². The van der Waals surface area contributed by atoms with Crippen LogP contribution in [0, 0.1) is 5.92 Å². The standard InChI is InChI=1S/C9H18N4/c1-4-10-5-9(8(2)3)13-7-11-6-12-13/h6-10H,4-5H2,1-3H3. The fraction of sp³-hybridized carbons (Fsp3) is 0.778. The van der Waals surface area contributed by atoms with Crippen LogP contribution in [-0.2, 0) is 0 Å². The molecule has 1 aromatic heterocycles. The zero-order valence-corrected chi connectivity index (χ0v) is 8.57. The van der Waals surface area contributed by atoms with Gasteiger partial charge in [-0.05, 0) is 12.5 Å². The molecule has 1 aromatic rings. The largest absolute Gasteiger partial charge is 0.315 e. The highest BCUT2D eigenvalue weighted by atomic mass is 15.3. The fourth-order valence-corrected chi connectivity index (χ4v) is 1.32. The molecule has 4 heteroatoms. The number of hydrogen-bond donors (Lipinski definition) is 1. The number of nitrogens with zero attached hydrogens (tertiary/aromatic N) is 3. The normalized spacial score (nSPS) is 13.5. The Bertz CT molecular complexity index is 218. The summed E-state index contributed by atoms with van der Waals surface area (Å²) in [4.78, 5) is 3.96. The van der Waals surface area contributed by atoms with Gasteiger partial charge in [0.15, 0.2) is 0 Å². The van der Waals surface area contributed by atoms with Crippen LogP contribution in [0.3, 0.4) is 0 Å². The third-order valence-corrected chi connectivity index (χ3v) is 2.15. The molecule has 0 saturated carbocycles. The van der Waals surface area contributed by atoms with E-state index in [0.717, 1.165) is 13.1 Å². The van der Waals surface area contributed by atoms with Gasteiger partial charge in [-0.2, -0.15) is 5.10 Å². The van der Waals surface area contributed by atoms with Crippen LogP contribution in [0.4, 0.5) is 0 Å². The highest BCUT2D eigenvalue weighted by Gasteiger charge is 2.14. The van der Waals surface area contributed by atoms with Crippen LogP contribution < -0.4 is 5.32 Å². The average molecular weight is 182 g/mol. The van der Waals surface area contributed by atoms with E-state index in [1.54, 1.807) is 12.7 Å². The summed E-state index contributed by atoms with van der Waals surface area (Å²) in [6, 6.07) is 0.405. The first-order valence-corrected chi connectivity index (χ1v) is 4.80. The molecule has 1 N–H and O–H groups in total. The predicted molar refractivity (Wildman–Crippen MR) is 52.4 cm³/mol. The molecule has 1 rings (SSSR count). The first-order chi connectivity index (χ1) is 6.25. The lowest BCUT2D eigenvalue weighted by atomic mass is 10.1. The van der Waals surface area contributed by atoms with Gasteiger partial charge in [0, 0.05) is 6.54 Å². The Balaban J connectivity index is 2.58. The number of hydrogen-bond acceptors (Lipinski definition) is 3. The van der Waals surface area contributed by atoms with Gasteiger partial charge in [-0.3, -0.25) is 0 Å². The topological polar surface area (TPSA) is 42.7 Å². The van der Waals surface area contributed by atoms with Crippen molar-refractivity contribution >= 4 is 0 Å². The third kappa shape index (κ3) is 2.81. The Morgan fingerprint density at radius 1 is 1.46 bits per heavy atom. The van der Waals surface area contributed by atoms with Gasteiger partial charge in [-0.15, -0.1) is 0 Å². The highest BCUT2D eigenvalue weighted by molar-refractivity contribution is 4.73. The van der Waals surface area contributed by atoms with Crippen LogP contribution >= 0.6 is 0 Å². The summed E-state index contributed by atoms with van der Waals surface area (Å²) < 4.78 is 1.92. The molecular weight excluding hydrogens is 164 g/mol. The van der Waals surface area contributed by atoms with E-state index in [0.29, 0.717) is 12.0 Å². The van der Waals surface area contributed by atoms with Crippen LogP contribution in [-0.4, -0.2) is 27.9 Å². The van der Waals surface area contributed by atoms with Crippen molar-refractivity contribution in [3.05, 3.63) is 12.7 Å². The van der Waals surface area contributed by atoms with Gasteiger partial charge in [0.25, 0.3) is 0 Å². The molecule has 0 bridgehead atoms. The number of aromatic nitrogens is 3. The monoisotopic (exact) mass is 182 g/mol. The zero-order chi connectivity index (χ0) is 9.68. The van der Waals surface area contributed by atoms with E-state index in [4.69, 9.17) is 0 Å². The maximum Gasteiger partial charge on any atom is 0.137 e. The molecule has 0 amide bonds. The first kappa shape index (κ1) is 10.2. The number of rotatable bonds is 5. The maximum absolute atomic E-state index is 4.16. The fourth-order valence-electron chi connectivity index (χ4n) is 1.32. The summed E-state index contributed by atoms with van der Waals surface area (Å²) in [6.45, 7) is 8.46. The van der Waals surface area contributed by atoms with Gasteiger partial charge in [0.05, 0.1) is 6.04 Å². The number of likely N-dealkylation sites (N-methyl/N-ethyl adjacent to an activating group) is 1. The second kappa shape index (κ2) is 4.97. The minimum absolute atomic E-state index is 0.405. The van der Waals surface area contributed by atoms with Crippen LogP contribution in [0.5, 0.6) is 0 Å². The lowest BCUT2D eigenvalue weighted by Crippen LogP contribution is -2.29. The van der Waals surface area contributed by atoms with Gasteiger partial charge in [-0.1, -0.05) is 20.8 Å². The van der Waals surface area contributed by atoms with E-state index in [9.17, 15) is 0 Å². The van der Waals surface area contributed by atoms with E-state index in [1.165, 1.54) is 0 Å². The summed E-state index contributed by atoms with van der Waals surface area (Å²) >= 11 is 0. The van der Waals surface area contributed by atoms with Crippen molar-refractivity contribution in [1.82, 2.24) is 20.1 Å². The Morgan fingerprint density at radius 2 is 2.23 bits per heavy atom. The van der Waals surface area contributed by atoms with Crippen LogP contribution in [0.1, 0.15) is 26.8 Å². The molecule has 0 aliphatic rings. The SMILES string of the molecule is CCNCC(C(C)C)n1cncn1. The van der Waals surface area contributed by atoms with Crippen molar-refractivity contribution in [2.24, 2.45) is 5.92 Å². The Morgan fingerprint density at radius 3 is 2.69 bits per heavy atom. The predicted octanol–water partition coefficient (Wildman–Crippen LogP) is 1.08. The zero-order valence-electron chi connectivity index (χ0n) is 8.57. The van der Waals surface area contributed by atoms with Gasteiger partial charge >= 0.3 is 0 Å². The van der Waals surface area contributed by atoms with E-state index >= 15 is 0 Å². The molecule has 13 heavy (non-hydrogen) atoms. The molecule has 0 radical (unpaired) electrons. The molecule has 0 saturated heterocycles. The van der Waals surface area contributed by atoms with Gasteiger partial charge in [-0.25, -0.2) is 9.67 Å². The van der Waals surface area contributed by atoms with Crippen molar-refractivity contribution in [2.75, 3.05) is 13.1 Å². The Kier molecular flexibility index (Phi) is 3.89. The van der Waals surface area contributed by atoms with Crippen molar-refractivity contribution in [1.29, 1.82) is 0 Å². The smallest absolute Gasteiger partial charge is 0.137 e. The van der Waals surface area contributed by atoms with Crippen LogP contribution in [0.2, 0.25) is 0 Å². The lowest BCUT2D eigenvalue weighted by Gasteiger charge is -2.20. The van der Waals surface area contributed by atoms with E-state index in [2.05, 4.69) is 36.2 Å². The first-order valence-electron chi connectivity index (χ1n) is 4.80. The summed E-state index contributed by atoms with van der Waals surface area (Å²) in [5.41, 5.74) is 0. The molecule has 1 unspecified atom stereocenters. The molecule has 0 aromatic carbocycles. The third-order valence-electron chi connectivity index (χ3n) is 2.15. The lowest BCUT2D eigenvalue weighted by molar-refractivity contribution is 0.332. The Hall–Kier alpha value is -0.900. The molecule has 0 aliphatic carbocycles. The van der Waals surface area contributed by atoms with Crippen molar-refractivity contribution in [3.8, 4) is 0 Å². The van der Waals surface area contributed by atoms with E-state index in [1.807, 2.05) is 4.68 Å². The quantitative estimate of drug-likeness (QED) is 0.741. The van der Waals surface area contributed by atoms with E-state index < -0.39 is 0 Å². The second-order valence-corrected chi connectivity index (χ2v) is 3.49. The molecule has 74 valence electrons. The maximum atomic E-state index is 4.16. The molecule has 0 spiro atoms. The van der Waals surface area contributed by atoms with Crippen molar-refractivity contribution < 1.29 is 0 Å². The van der Waals surface area contributed by atoms with Crippen LogP contribution in [0.15, 0.2) is 12.7 Å². The molecular formula is C9H18N4. The van der Waals surface area contributed by atoms with Gasteiger partial charge in [0.2, 0.25) is 0 Å². The minimum Gasteiger partial charge on any atom is -0.315 e. The molecule has 0 fully saturated rings. The summed E-state index contributed by atoms with van der Waals surface area (Å²) in [7, 11) is 0. The number of nitrogens with one attached hydrogen (secondary N) is 1. The molecule has 1 heterocycles. The molecule has 4 nitrogen and oxygen atoms in total. The van der Waals surface area contributed by atoms with Crippen molar-refractivity contribution in [3.63, 3.8) is 0 Å². The summed E-state index contributed by atoms with van der Waals surface area (Å²) in [6.07, 6.45) is 3.36.